The zero-order valence-corrected chi connectivity index (χ0v) is 18.0. The molecule has 2 heterocycles. The zero-order chi connectivity index (χ0) is 21.5. The quantitative estimate of drug-likeness (QED) is 0.740. The van der Waals surface area contributed by atoms with Crippen molar-refractivity contribution in [2.45, 2.75) is 22.4 Å². The van der Waals surface area contributed by atoms with Gasteiger partial charge in [-0.3, -0.25) is 4.79 Å². The van der Waals surface area contributed by atoms with E-state index in [0.717, 1.165) is 5.56 Å². The third-order valence-corrected chi connectivity index (χ3v) is 8.10. The summed E-state index contributed by atoms with van der Waals surface area (Å²) in [6, 6.07) is 17.4. The van der Waals surface area contributed by atoms with E-state index in [1.807, 2.05) is 44.4 Å². The molecule has 0 saturated carbocycles. The minimum Gasteiger partial charge on any atom is -0.395 e. The van der Waals surface area contributed by atoms with Crippen molar-refractivity contribution in [3.63, 3.8) is 0 Å². The first-order valence-electron chi connectivity index (χ1n) is 9.99. The molecule has 0 aromatic heterocycles. The van der Waals surface area contributed by atoms with Crippen LogP contribution < -0.4 is 0 Å². The van der Waals surface area contributed by atoms with E-state index < -0.39 is 21.6 Å². The molecular formula is C22H27N3O4S. The number of amides is 1. The lowest BCUT2D eigenvalue weighted by atomic mass is 9.63. The summed E-state index contributed by atoms with van der Waals surface area (Å²) >= 11 is 0. The molecule has 0 unspecified atom stereocenters. The number of likely N-dealkylation sites (N-methyl/N-ethyl adjacent to an activating group) is 1. The number of aliphatic hydroxyl groups excluding tert-OH is 1. The minimum atomic E-state index is -3.82. The van der Waals surface area contributed by atoms with Crippen molar-refractivity contribution in [2.75, 3.05) is 40.3 Å². The summed E-state index contributed by atoms with van der Waals surface area (Å²) in [5, 5.41) is 10.2. The molecule has 160 valence electrons. The molecule has 0 bridgehead atoms. The van der Waals surface area contributed by atoms with Gasteiger partial charge >= 0.3 is 0 Å². The highest BCUT2D eigenvalue weighted by Gasteiger charge is 2.70. The largest absolute Gasteiger partial charge is 0.395 e. The van der Waals surface area contributed by atoms with E-state index in [4.69, 9.17) is 0 Å². The predicted octanol–water partition coefficient (Wildman–Crippen LogP) is 0.978. The molecule has 2 saturated heterocycles. The van der Waals surface area contributed by atoms with Crippen LogP contribution in [0.4, 0.5) is 0 Å². The number of carbonyl (C=O) groups excluding carboxylic acids is 1. The van der Waals surface area contributed by atoms with E-state index in [-0.39, 0.29) is 29.9 Å². The first kappa shape index (κ1) is 21.0. The van der Waals surface area contributed by atoms with E-state index in [0.29, 0.717) is 13.1 Å². The lowest BCUT2D eigenvalue weighted by Gasteiger charge is -2.69. The van der Waals surface area contributed by atoms with E-state index >= 15 is 0 Å². The number of hydrogen-bond donors (Lipinski definition) is 1. The summed E-state index contributed by atoms with van der Waals surface area (Å²) in [5.41, 5.74) is 0.238. The number of likely N-dealkylation sites (tertiary alicyclic amines) is 1. The SMILES string of the molecule is CN(C)CC(=O)N1CC2(C1)[C@H](c1ccccc1)[C@H](CO)N2S(=O)(=O)c1ccccc1. The van der Waals surface area contributed by atoms with Crippen molar-refractivity contribution in [3.05, 3.63) is 66.2 Å². The normalized spacial score (nSPS) is 23.3. The molecule has 2 fully saturated rings. The number of carbonyl (C=O) groups is 1. The van der Waals surface area contributed by atoms with Crippen LogP contribution in [0, 0.1) is 0 Å². The van der Waals surface area contributed by atoms with Gasteiger partial charge in [0.25, 0.3) is 0 Å². The maximum Gasteiger partial charge on any atom is 0.244 e. The summed E-state index contributed by atoms with van der Waals surface area (Å²) < 4.78 is 28.5. The van der Waals surface area contributed by atoms with Gasteiger partial charge in [0.2, 0.25) is 15.9 Å². The van der Waals surface area contributed by atoms with Gasteiger partial charge in [-0.05, 0) is 31.8 Å². The minimum absolute atomic E-state index is 0.0260. The van der Waals surface area contributed by atoms with Crippen molar-refractivity contribution in [2.24, 2.45) is 0 Å². The average Bonchev–Trinajstić information content (AvgIpc) is 2.67. The Kier molecular flexibility index (Phi) is 5.44. The van der Waals surface area contributed by atoms with E-state index in [9.17, 15) is 18.3 Å². The highest BCUT2D eigenvalue weighted by atomic mass is 32.2. The summed E-state index contributed by atoms with van der Waals surface area (Å²) in [4.78, 5) is 16.3. The van der Waals surface area contributed by atoms with Gasteiger partial charge in [-0.2, -0.15) is 4.31 Å². The second-order valence-corrected chi connectivity index (χ2v) is 10.2. The second kappa shape index (κ2) is 7.77. The van der Waals surface area contributed by atoms with Crippen molar-refractivity contribution in [1.82, 2.24) is 14.1 Å². The fourth-order valence-electron chi connectivity index (χ4n) is 4.87. The van der Waals surface area contributed by atoms with E-state index in [1.165, 1.54) is 4.31 Å². The fraction of sp³-hybridized carbons (Fsp3) is 0.409. The Morgan fingerprint density at radius 1 is 1.07 bits per heavy atom. The van der Waals surface area contributed by atoms with Gasteiger partial charge in [0.1, 0.15) is 0 Å². The van der Waals surface area contributed by atoms with Crippen LogP contribution in [0.3, 0.4) is 0 Å². The van der Waals surface area contributed by atoms with Gasteiger partial charge in [0, 0.05) is 19.0 Å². The molecule has 2 aliphatic rings. The van der Waals surface area contributed by atoms with Gasteiger partial charge in [-0.15, -0.1) is 0 Å². The van der Waals surface area contributed by atoms with Crippen molar-refractivity contribution >= 4 is 15.9 Å². The lowest BCUT2D eigenvalue weighted by Crippen LogP contribution is -2.86. The summed E-state index contributed by atoms with van der Waals surface area (Å²) in [6.45, 7) is 0.642. The summed E-state index contributed by atoms with van der Waals surface area (Å²) in [7, 11) is -0.158. The molecule has 8 heteroatoms. The van der Waals surface area contributed by atoms with Crippen molar-refractivity contribution in [3.8, 4) is 0 Å². The van der Waals surface area contributed by atoms with Gasteiger partial charge < -0.3 is 14.9 Å². The Morgan fingerprint density at radius 3 is 2.17 bits per heavy atom. The first-order chi connectivity index (χ1) is 14.3. The highest BCUT2D eigenvalue weighted by Crippen LogP contribution is 2.56. The number of nitrogens with zero attached hydrogens (tertiary/aromatic N) is 3. The van der Waals surface area contributed by atoms with Crippen LogP contribution in [-0.2, 0) is 14.8 Å². The van der Waals surface area contributed by atoms with Crippen LogP contribution in [0.2, 0.25) is 0 Å². The van der Waals surface area contributed by atoms with Crippen LogP contribution in [0.5, 0.6) is 0 Å². The highest BCUT2D eigenvalue weighted by molar-refractivity contribution is 7.89. The molecule has 7 nitrogen and oxygen atoms in total. The number of sulfonamides is 1. The number of benzene rings is 2. The van der Waals surface area contributed by atoms with Crippen LogP contribution in [0.25, 0.3) is 0 Å². The molecule has 2 aromatic rings. The third-order valence-electron chi connectivity index (χ3n) is 6.08. The summed E-state index contributed by atoms with van der Waals surface area (Å²) in [5.74, 6) is -0.201. The Balaban J connectivity index is 1.71. The standard InChI is InChI=1S/C22H27N3O4S/c1-23(2)13-20(27)24-15-22(16-24)21(17-9-5-3-6-10-17)19(14-26)25(22)30(28,29)18-11-7-4-8-12-18/h3-12,19,21,26H,13-16H2,1-2H3/t19-,21+/m0/s1. The summed E-state index contributed by atoms with van der Waals surface area (Å²) in [6.07, 6.45) is 0. The van der Waals surface area contributed by atoms with Crippen molar-refractivity contribution < 1.29 is 18.3 Å². The lowest BCUT2D eigenvalue weighted by molar-refractivity contribution is -0.167. The average molecular weight is 430 g/mol. The maximum absolute atomic E-state index is 13.5. The van der Waals surface area contributed by atoms with E-state index in [2.05, 4.69) is 0 Å². The Morgan fingerprint density at radius 2 is 1.63 bits per heavy atom. The molecule has 2 aliphatic heterocycles. The van der Waals surface area contributed by atoms with Crippen molar-refractivity contribution in [1.29, 1.82) is 0 Å². The van der Waals surface area contributed by atoms with Gasteiger partial charge in [0.15, 0.2) is 0 Å². The number of rotatable bonds is 6. The number of aliphatic hydroxyl groups is 1. The molecule has 1 N–H and O–H groups in total. The van der Waals surface area contributed by atoms with Gasteiger partial charge in [0.05, 0.1) is 29.6 Å². The first-order valence-corrected chi connectivity index (χ1v) is 11.4. The maximum atomic E-state index is 13.5. The monoisotopic (exact) mass is 429 g/mol. The Labute approximate surface area is 177 Å². The molecule has 0 radical (unpaired) electrons. The molecule has 1 spiro atoms. The van der Waals surface area contributed by atoms with Gasteiger partial charge in [-0.25, -0.2) is 8.42 Å². The Bertz CT molecular complexity index is 1010. The number of hydrogen-bond acceptors (Lipinski definition) is 5. The van der Waals surface area contributed by atoms with Crippen LogP contribution >= 0.6 is 0 Å². The van der Waals surface area contributed by atoms with E-state index in [1.54, 1.807) is 40.1 Å². The second-order valence-electron chi connectivity index (χ2n) is 8.34. The Hall–Kier alpha value is -2.26. The third kappa shape index (κ3) is 3.24. The molecule has 4 rings (SSSR count). The predicted molar refractivity (Wildman–Crippen MR) is 113 cm³/mol. The molecule has 2 aromatic carbocycles. The topological polar surface area (TPSA) is 81.2 Å². The molecule has 0 aliphatic carbocycles. The molecule has 1 amide bonds. The smallest absolute Gasteiger partial charge is 0.244 e. The molecule has 30 heavy (non-hydrogen) atoms. The van der Waals surface area contributed by atoms with Crippen LogP contribution in [0.1, 0.15) is 11.5 Å². The fourth-order valence-corrected chi connectivity index (χ4v) is 6.85. The molecule has 2 atom stereocenters. The van der Waals surface area contributed by atoms with Crippen LogP contribution in [0.15, 0.2) is 65.6 Å². The van der Waals surface area contributed by atoms with Gasteiger partial charge in [-0.1, -0.05) is 48.5 Å². The van der Waals surface area contributed by atoms with Crippen LogP contribution in [-0.4, -0.2) is 85.5 Å². The zero-order valence-electron chi connectivity index (χ0n) is 17.2. The molecular weight excluding hydrogens is 402 g/mol.